The molecule has 3 aliphatic heterocycles. The largest absolute Gasteiger partial charge is 0.485 e. The lowest BCUT2D eigenvalue weighted by Crippen LogP contribution is -2.83. The predicted molar refractivity (Wildman–Crippen MR) is 157 cm³/mol. The van der Waals surface area contributed by atoms with Crippen molar-refractivity contribution >= 4 is 0 Å². The summed E-state index contributed by atoms with van der Waals surface area (Å²) in [6.07, 6.45) is 11.0. The zero-order valence-electron chi connectivity index (χ0n) is 24.9. The molecule has 0 radical (unpaired) electrons. The first-order chi connectivity index (χ1) is 19.7. The minimum atomic E-state index is -0.518. The molecule has 2 aromatic carbocycles. The second kappa shape index (κ2) is 7.98. The molecule has 5 heteroatoms. The Morgan fingerprint density at radius 1 is 1.02 bits per heavy atom. The van der Waals surface area contributed by atoms with Crippen molar-refractivity contribution in [3.63, 3.8) is 0 Å². The number of nitrogens with zero attached hydrogens (tertiary/aromatic N) is 1. The van der Waals surface area contributed by atoms with Gasteiger partial charge in [-0.2, -0.15) is 0 Å². The molecule has 0 aromatic heterocycles. The maximum Gasteiger partial charge on any atom is 0.166 e. The molecule has 8 aliphatic rings. The molecule has 7 atom stereocenters. The van der Waals surface area contributed by atoms with Gasteiger partial charge < -0.3 is 18.9 Å². The Morgan fingerprint density at radius 2 is 1.85 bits per heavy atom. The highest BCUT2D eigenvalue weighted by Gasteiger charge is 2.82. The van der Waals surface area contributed by atoms with Crippen LogP contribution >= 0.6 is 0 Å². The van der Waals surface area contributed by atoms with Gasteiger partial charge in [-0.15, -0.1) is 0 Å². The molecule has 0 N–H and O–H groups in total. The van der Waals surface area contributed by atoms with E-state index in [-0.39, 0.29) is 33.9 Å². The Morgan fingerprint density at radius 3 is 2.63 bits per heavy atom. The third-order valence-electron chi connectivity index (χ3n) is 12.8. The second-order valence-electron chi connectivity index (χ2n) is 15.3. The maximum absolute atomic E-state index is 7.35. The van der Waals surface area contributed by atoms with Crippen LogP contribution in [0.4, 0.5) is 0 Å². The Bertz CT molecular complexity index is 1440. The molecule has 5 nitrogen and oxygen atoms in total. The van der Waals surface area contributed by atoms with Crippen molar-refractivity contribution in [1.82, 2.24) is 4.90 Å². The van der Waals surface area contributed by atoms with E-state index < -0.39 is 5.60 Å². The monoisotopic (exact) mass is 553 g/mol. The molecule has 2 saturated heterocycles. The molecule has 4 bridgehead atoms. The van der Waals surface area contributed by atoms with E-state index in [1.165, 1.54) is 36.1 Å². The number of hydrogen-bond acceptors (Lipinski definition) is 5. The van der Waals surface area contributed by atoms with Gasteiger partial charge in [0.25, 0.3) is 0 Å². The molecule has 41 heavy (non-hydrogen) atoms. The van der Waals surface area contributed by atoms with E-state index in [1.54, 1.807) is 0 Å². The molecule has 0 unspecified atom stereocenters. The van der Waals surface area contributed by atoms with Crippen LogP contribution in [-0.4, -0.2) is 48.1 Å². The smallest absolute Gasteiger partial charge is 0.166 e. The minimum Gasteiger partial charge on any atom is -0.485 e. The van der Waals surface area contributed by atoms with E-state index in [9.17, 15) is 0 Å². The number of benzene rings is 2. The first kappa shape index (κ1) is 25.2. The summed E-state index contributed by atoms with van der Waals surface area (Å²) in [5.41, 5.74) is 3.07. The Balaban J connectivity index is 1.22. The van der Waals surface area contributed by atoms with Crippen LogP contribution in [-0.2, 0) is 27.9 Å². The number of likely N-dealkylation sites (tertiary alicyclic amines) is 1. The molecule has 10 rings (SSSR count). The molecule has 216 valence electrons. The molecule has 2 aromatic rings. The van der Waals surface area contributed by atoms with Gasteiger partial charge in [-0.05, 0) is 74.1 Å². The molecule has 2 saturated carbocycles. The van der Waals surface area contributed by atoms with E-state index in [4.69, 9.17) is 18.9 Å². The highest BCUT2D eigenvalue weighted by atomic mass is 16.7. The first-order valence-corrected chi connectivity index (χ1v) is 15.9. The van der Waals surface area contributed by atoms with E-state index in [1.807, 2.05) is 0 Å². The quantitative estimate of drug-likeness (QED) is 0.399. The normalized spacial score (nSPS) is 41.5. The Labute approximate surface area is 244 Å². The number of hydrogen-bond donors (Lipinski definition) is 0. The van der Waals surface area contributed by atoms with Gasteiger partial charge in [0.15, 0.2) is 11.5 Å². The summed E-state index contributed by atoms with van der Waals surface area (Å²) >= 11 is 0. The van der Waals surface area contributed by atoms with Gasteiger partial charge in [0.05, 0.1) is 11.0 Å². The number of piperidine rings is 1. The SMILES string of the molecule is CC(C)(C)[C@@]1(C)OCO[C@]23C=C[C@@]4(C[C@@H]21)[C@H]1Cc2ccc(OCc5ccccc5)c5c2[C@@]4(CCN1CC1CC1)[C@H]3O5. The number of ether oxygens (including phenoxy) is 4. The van der Waals surface area contributed by atoms with Crippen LogP contribution in [0.15, 0.2) is 54.6 Å². The van der Waals surface area contributed by atoms with E-state index in [2.05, 4.69) is 87.2 Å². The van der Waals surface area contributed by atoms with Gasteiger partial charge in [0.2, 0.25) is 0 Å². The lowest BCUT2D eigenvalue weighted by Gasteiger charge is -2.74. The summed E-state index contributed by atoms with van der Waals surface area (Å²) in [5, 5.41) is 0. The van der Waals surface area contributed by atoms with Crippen molar-refractivity contribution in [3.8, 4) is 11.5 Å². The molecular formula is C36H43NO4. The average Bonchev–Trinajstić information content (AvgIpc) is 3.70. The van der Waals surface area contributed by atoms with Gasteiger partial charge in [0.1, 0.15) is 25.1 Å². The van der Waals surface area contributed by atoms with Crippen molar-refractivity contribution < 1.29 is 18.9 Å². The van der Waals surface area contributed by atoms with Gasteiger partial charge in [0, 0.05) is 29.5 Å². The first-order valence-electron chi connectivity index (χ1n) is 15.9. The molecule has 3 heterocycles. The van der Waals surface area contributed by atoms with Crippen molar-refractivity contribution in [2.24, 2.45) is 22.7 Å². The second-order valence-corrected chi connectivity index (χ2v) is 15.3. The molecule has 5 aliphatic carbocycles. The summed E-state index contributed by atoms with van der Waals surface area (Å²) in [6.45, 7) is 12.6. The van der Waals surface area contributed by atoms with Crippen molar-refractivity contribution in [2.45, 2.75) is 95.2 Å². The lowest BCUT2D eigenvalue weighted by molar-refractivity contribution is -0.356. The lowest BCUT2D eigenvalue weighted by atomic mass is 9.35. The molecule has 3 spiro atoms. The highest BCUT2D eigenvalue weighted by molar-refractivity contribution is 5.65. The van der Waals surface area contributed by atoms with Crippen LogP contribution in [0.25, 0.3) is 0 Å². The third kappa shape index (κ3) is 2.99. The molecular weight excluding hydrogens is 510 g/mol. The third-order valence-corrected chi connectivity index (χ3v) is 12.8. The Kier molecular flexibility index (Phi) is 4.90. The van der Waals surface area contributed by atoms with Crippen molar-refractivity contribution in [2.75, 3.05) is 19.9 Å². The van der Waals surface area contributed by atoms with E-state index in [0.717, 1.165) is 43.2 Å². The molecule has 4 fully saturated rings. The Hall–Kier alpha value is -2.34. The van der Waals surface area contributed by atoms with Crippen molar-refractivity contribution in [3.05, 3.63) is 71.3 Å². The van der Waals surface area contributed by atoms with Gasteiger partial charge in [-0.1, -0.05) is 69.3 Å². The van der Waals surface area contributed by atoms with Crippen LogP contribution < -0.4 is 9.47 Å². The number of rotatable bonds is 5. The summed E-state index contributed by atoms with van der Waals surface area (Å²) in [4.78, 5) is 2.88. The van der Waals surface area contributed by atoms with Crippen LogP contribution in [0.2, 0.25) is 0 Å². The van der Waals surface area contributed by atoms with E-state index in [0.29, 0.717) is 19.4 Å². The van der Waals surface area contributed by atoms with E-state index >= 15 is 0 Å². The van der Waals surface area contributed by atoms with Crippen LogP contribution in [0.5, 0.6) is 11.5 Å². The van der Waals surface area contributed by atoms with Crippen LogP contribution in [0.1, 0.15) is 70.1 Å². The minimum absolute atomic E-state index is 0.00982. The van der Waals surface area contributed by atoms with Crippen LogP contribution in [0, 0.1) is 22.7 Å². The predicted octanol–water partition coefficient (Wildman–Crippen LogP) is 6.43. The van der Waals surface area contributed by atoms with Crippen LogP contribution in [0.3, 0.4) is 0 Å². The maximum atomic E-state index is 7.35. The summed E-state index contributed by atoms with van der Waals surface area (Å²) in [7, 11) is 0. The fourth-order valence-corrected chi connectivity index (χ4v) is 10.2. The standard InChI is InChI=1S/C36H43NO4/c1-32(2,3)33(4)27-19-34-14-15-36(27,40-22-39-33)31-35(34)16-17-37(20-23-10-11-23)28(34)18-25-12-13-26(30(41-31)29(25)35)38-21-24-8-6-5-7-9-24/h5-9,12-15,23,27-28,31H,10-11,16-22H2,1-4H3/t27-,28-,31-,33+,34-,35+,36-/m1/s1. The fraction of sp³-hybridized carbons (Fsp3) is 0.611. The zero-order chi connectivity index (χ0) is 27.8. The summed E-state index contributed by atoms with van der Waals surface area (Å²) < 4.78 is 27.4. The fourth-order valence-electron chi connectivity index (χ4n) is 10.2. The van der Waals surface area contributed by atoms with Gasteiger partial charge in [-0.25, -0.2) is 0 Å². The highest BCUT2D eigenvalue weighted by Crippen LogP contribution is 2.77. The van der Waals surface area contributed by atoms with Gasteiger partial charge in [-0.3, -0.25) is 4.90 Å². The topological polar surface area (TPSA) is 40.2 Å². The average molecular weight is 554 g/mol. The molecule has 0 amide bonds. The summed E-state index contributed by atoms with van der Waals surface area (Å²) in [5.74, 6) is 2.94. The zero-order valence-corrected chi connectivity index (χ0v) is 24.9. The van der Waals surface area contributed by atoms with Crippen molar-refractivity contribution in [1.29, 1.82) is 0 Å². The van der Waals surface area contributed by atoms with Gasteiger partial charge >= 0.3 is 0 Å². The summed E-state index contributed by atoms with van der Waals surface area (Å²) in [6, 6.07) is 15.5.